The largest absolute Gasteiger partial charge is 0.416 e. The molecule has 3 nitrogen and oxygen atoms in total. The number of benzene rings is 2. The molecule has 0 N–H and O–H groups in total. The first-order valence-electron chi connectivity index (χ1n) is 9.31. The van der Waals surface area contributed by atoms with Gasteiger partial charge in [-0.15, -0.1) is 0 Å². The van der Waals surface area contributed by atoms with Gasteiger partial charge in [0, 0.05) is 13.1 Å². The summed E-state index contributed by atoms with van der Waals surface area (Å²) in [5.74, 6) is 0.0752. The average molecular weight is 486 g/mol. The standard InChI is InChI=1S/C20H18ClF6NO2S/c21-17-12-16(20(25,26)27)5-6-18(17)31(29,30)28-9-7-14(8-10-28)11-13-1-3-15(4-2-13)19(22,23)24/h1-6,12,14H,7-11H2. The van der Waals surface area contributed by atoms with E-state index in [1.54, 1.807) is 0 Å². The van der Waals surface area contributed by atoms with Crippen LogP contribution in [0.1, 0.15) is 29.5 Å². The van der Waals surface area contributed by atoms with Gasteiger partial charge < -0.3 is 0 Å². The monoisotopic (exact) mass is 485 g/mol. The van der Waals surface area contributed by atoms with Gasteiger partial charge in [0.25, 0.3) is 0 Å². The lowest BCUT2D eigenvalue weighted by Gasteiger charge is -2.31. The Labute approximate surface area is 180 Å². The zero-order valence-electron chi connectivity index (χ0n) is 16.0. The van der Waals surface area contributed by atoms with Gasteiger partial charge in [0.1, 0.15) is 4.90 Å². The summed E-state index contributed by atoms with van der Waals surface area (Å²) in [6.45, 7) is 0.288. The zero-order valence-corrected chi connectivity index (χ0v) is 17.5. The number of hydrogen-bond acceptors (Lipinski definition) is 2. The Morgan fingerprint density at radius 1 is 0.871 bits per heavy atom. The normalized spacial score (nSPS) is 17.1. The van der Waals surface area contributed by atoms with Gasteiger partial charge in [0.2, 0.25) is 10.0 Å². The molecule has 1 heterocycles. The SMILES string of the molecule is O=S(=O)(c1ccc(C(F)(F)F)cc1Cl)N1CCC(Cc2ccc(C(F)(F)F)cc2)CC1. The van der Waals surface area contributed by atoms with Crippen molar-refractivity contribution in [3.63, 3.8) is 0 Å². The fourth-order valence-electron chi connectivity index (χ4n) is 3.54. The molecular weight excluding hydrogens is 468 g/mol. The van der Waals surface area contributed by atoms with Crippen molar-refractivity contribution in [1.29, 1.82) is 0 Å². The summed E-state index contributed by atoms with van der Waals surface area (Å²) in [5.41, 5.74) is -1.04. The molecule has 0 bridgehead atoms. The molecule has 0 aliphatic carbocycles. The Morgan fingerprint density at radius 2 is 1.39 bits per heavy atom. The lowest BCUT2D eigenvalue weighted by atomic mass is 9.91. The van der Waals surface area contributed by atoms with E-state index in [1.807, 2.05) is 0 Å². The molecule has 0 spiro atoms. The van der Waals surface area contributed by atoms with Crippen LogP contribution in [0.25, 0.3) is 0 Å². The summed E-state index contributed by atoms with van der Waals surface area (Å²) in [7, 11) is -4.06. The quantitative estimate of drug-likeness (QED) is 0.496. The van der Waals surface area contributed by atoms with Crippen molar-refractivity contribution >= 4 is 21.6 Å². The lowest BCUT2D eigenvalue weighted by molar-refractivity contribution is -0.138. The molecule has 1 aliphatic rings. The van der Waals surface area contributed by atoms with Crippen LogP contribution in [-0.2, 0) is 28.8 Å². The highest BCUT2D eigenvalue weighted by molar-refractivity contribution is 7.89. The molecule has 2 aromatic carbocycles. The first-order chi connectivity index (χ1) is 14.3. The van der Waals surface area contributed by atoms with Crippen LogP contribution in [-0.4, -0.2) is 25.8 Å². The van der Waals surface area contributed by atoms with Crippen molar-refractivity contribution in [2.45, 2.75) is 36.5 Å². The van der Waals surface area contributed by atoms with E-state index in [9.17, 15) is 34.8 Å². The van der Waals surface area contributed by atoms with E-state index in [0.717, 1.165) is 23.8 Å². The first-order valence-corrected chi connectivity index (χ1v) is 11.1. The zero-order chi connectivity index (χ0) is 23.0. The van der Waals surface area contributed by atoms with E-state index >= 15 is 0 Å². The molecule has 0 aromatic heterocycles. The van der Waals surface area contributed by atoms with Crippen LogP contribution < -0.4 is 0 Å². The highest BCUT2D eigenvalue weighted by Crippen LogP contribution is 2.35. The number of rotatable bonds is 4. The molecule has 1 aliphatic heterocycles. The van der Waals surface area contributed by atoms with Gasteiger partial charge >= 0.3 is 12.4 Å². The van der Waals surface area contributed by atoms with Gasteiger partial charge in [0.05, 0.1) is 16.1 Å². The molecule has 1 saturated heterocycles. The highest BCUT2D eigenvalue weighted by atomic mass is 35.5. The predicted molar refractivity (Wildman–Crippen MR) is 103 cm³/mol. The fraction of sp³-hybridized carbons (Fsp3) is 0.400. The van der Waals surface area contributed by atoms with Crippen LogP contribution in [0.4, 0.5) is 26.3 Å². The van der Waals surface area contributed by atoms with Gasteiger partial charge in [-0.05, 0) is 61.1 Å². The van der Waals surface area contributed by atoms with E-state index in [-0.39, 0.29) is 23.9 Å². The van der Waals surface area contributed by atoms with Gasteiger partial charge in [-0.1, -0.05) is 23.7 Å². The van der Waals surface area contributed by atoms with Crippen LogP contribution >= 0.6 is 11.6 Å². The number of piperidine rings is 1. The van der Waals surface area contributed by atoms with E-state index in [4.69, 9.17) is 11.6 Å². The summed E-state index contributed by atoms with van der Waals surface area (Å²) >= 11 is 5.83. The maximum absolute atomic E-state index is 12.8. The van der Waals surface area contributed by atoms with E-state index in [1.165, 1.54) is 16.4 Å². The van der Waals surface area contributed by atoms with Crippen molar-refractivity contribution in [3.05, 3.63) is 64.2 Å². The van der Waals surface area contributed by atoms with Crippen molar-refractivity contribution in [1.82, 2.24) is 4.31 Å². The first kappa shape index (κ1) is 23.9. The molecule has 0 radical (unpaired) electrons. The van der Waals surface area contributed by atoms with Gasteiger partial charge in [-0.2, -0.15) is 30.6 Å². The number of sulfonamides is 1. The molecule has 0 unspecified atom stereocenters. The minimum Gasteiger partial charge on any atom is -0.207 e. The van der Waals surface area contributed by atoms with Crippen LogP contribution in [0.15, 0.2) is 47.4 Å². The Morgan fingerprint density at radius 3 is 1.87 bits per heavy atom. The van der Waals surface area contributed by atoms with E-state index < -0.39 is 38.5 Å². The maximum atomic E-state index is 12.8. The smallest absolute Gasteiger partial charge is 0.207 e. The maximum Gasteiger partial charge on any atom is 0.416 e. The van der Waals surface area contributed by atoms with Gasteiger partial charge in [-0.3, -0.25) is 0 Å². The van der Waals surface area contributed by atoms with Crippen molar-refractivity contribution in [2.24, 2.45) is 5.92 Å². The Balaban J connectivity index is 1.65. The van der Waals surface area contributed by atoms with Crippen LogP contribution in [0.2, 0.25) is 5.02 Å². The van der Waals surface area contributed by atoms with Crippen molar-refractivity contribution in [3.8, 4) is 0 Å². The second-order valence-corrected chi connectivity index (χ2v) is 9.70. The number of alkyl halides is 6. The molecule has 3 rings (SSSR count). The predicted octanol–water partition coefficient (Wildman–Crippen LogP) is 6.02. The fourth-order valence-corrected chi connectivity index (χ4v) is 5.53. The Bertz CT molecular complexity index is 1030. The minimum atomic E-state index is -4.64. The average Bonchev–Trinajstić information content (AvgIpc) is 2.67. The molecule has 1 fully saturated rings. The molecular formula is C20H18ClF6NO2S. The molecule has 0 saturated carbocycles. The van der Waals surface area contributed by atoms with E-state index in [2.05, 4.69) is 0 Å². The third-order valence-corrected chi connectivity index (χ3v) is 7.64. The molecule has 2 aromatic rings. The highest BCUT2D eigenvalue weighted by Gasteiger charge is 2.35. The third kappa shape index (κ3) is 5.53. The van der Waals surface area contributed by atoms with E-state index in [0.29, 0.717) is 31.4 Å². The Kier molecular flexibility index (Phi) is 6.65. The lowest BCUT2D eigenvalue weighted by Crippen LogP contribution is -2.39. The number of nitrogens with zero attached hydrogens (tertiary/aromatic N) is 1. The molecule has 0 atom stereocenters. The van der Waals surface area contributed by atoms with Crippen molar-refractivity contribution in [2.75, 3.05) is 13.1 Å². The Hall–Kier alpha value is -1.78. The topological polar surface area (TPSA) is 37.4 Å². The van der Waals surface area contributed by atoms with Crippen LogP contribution in [0.5, 0.6) is 0 Å². The van der Waals surface area contributed by atoms with Gasteiger partial charge in [0.15, 0.2) is 0 Å². The third-order valence-electron chi connectivity index (χ3n) is 5.26. The molecule has 0 amide bonds. The minimum absolute atomic E-state index is 0.0752. The summed E-state index contributed by atoms with van der Waals surface area (Å²) in [4.78, 5) is -0.386. The number of halogens is 7. The summed E-state index contributed by atoms with van der Waals surface area (Å²) in [6.07, 6.45) is -7.59. The molecule has 31 heavy (non-hydrogen) atoms. The second-order valence-electron chi connectivity index (χ2n) is 7.39. The summed E-state index contributed by atoms with van der Waals surface area (Å²) < 4.78 is 103. The summed E-state index contributed by atoms with van der Waals surface area (Å²) in [6, 6.07) is 6.97. The molecule has 170 valence electrons. The second kappa shape index (κ2) is 8.63. The van der Waals surface area contributed by atoms with Crippen molar-refractivity contribution < 1.29 is 34.8 Å². The van der Waals surface area contributed by atoms with Crippen LogP contribution in [0.3, 0.4) is 0 Å². The number of hydrogen-bond donors (Lipinski definition) is 0. The van der Waals surface area contributed by atoms with Gasteiger partial charge in [-0.25, -0.2) is 8.42 Å². The summed E-state index contributed by atoms with van der Waals surface area (Å²) in [5, 5.41) is -0.498. The van der Waals surface area contributed by atoms with Crippen LogP contribution in [0, 0.1) is 5.92 Å². The molecule has 11 heteroatoms.